The number of nitrogens with zero attached hydrogens (tertiary/aromatic N) is 1. The van der Waals surface area contributed by atoms with Gasteiger partial charge in [0.25, 0.3) is 6.43 Å². The predicted octanol–water partition coefficient (Wildman–Crippen LogP) is 2.47. The summed E-state index contributed by atoms with van der Waals surface area (Å²) < 4.78 is 24.5. The molecule has 0 aliphatic carbocycles. The standard InChI is InChI=1S/C8H8ClF2NO/c1-4-5(3-13)2-12-7(6(4)9)8(10)11/h2,8,13H,3H2,1H3. The molecule has 1 heterocycles. The van der Waals surface area contributed by atoms with Crippen molar-refractivity contribution in [3.8, 4) is 0 Å². The number of rotatable bonds is 2. The minimum atomic E-state index is -2.68. The van der Waals surface area contributed by atoms with Gasteiger partial charge < -0.3 is 5.11 Å². The van der Waals surface area contributed by atoms with Crippen molar-refractivity contribution in [3.05, 3.63) is 28.0 Å². The molecule has 0 unspecified atom stereocenters. The lowest BCUT2D eigenvalue weighted by Crippen LogP contribution is -1.98. The molecule has 1 aromatic rings. The first kappa shape index (κ1) is 10.3. The smallest absolute Gasteiger partial charge is 0.281 e. The number of alkyl halides is 2. The molecule has 2 nitrogen and oxygen atoms in total. The van der Waals surface area contributed by atoms with Gasteiger partial charge in [-0.25, -0.2) is 8.78 Å². The van der Waals surface area contributed by atoms with E-state index in [2.05, 4.69) is 4.98 Å². The van der Waals surface area contributed by atoms with Crippen molar-refractivity contribution < 1.29 is 13.9 Å². The van der Waals surface area contributed by atoms with Crippen molar-refractivity contribution in [2.24, 2.45) is 0 Å². The van der Waals surface area contributed by atoms with E-state index in [9.17, 15) is 8.78 Å². The zero-order valence-electron chi connectivity index (χ0n) is 6.89. The van der Waals surface area contributed by atoms with Crippen LogP contribution in [0.25, 0.3) is 0 Å². The minimum Gasteiger partial charge on any atom is -0.392 e. The van der Waals surface area contributed by atoms with E-state index in [-0.39, 0.29) is 11.6 Å². The van der Waals surface area contributed by atoms with Crippen LogP contribution in [0.1, 0.15) is 23.2 Å². The van der Waals surface area contributed by atoms with E-state index < -0.39 is 12.1 Å². The van der Waals surface area contributed by atoms with E-state index in [4.69, 9.17) is 16.7 Å². The van der Waals surface area contributed by atoms with Gasteiger partial charge in [-0.05, 0) is 12.5 Å². The molecule has 0 aromatic carbocycles. The molecule has 1 aromatic heterocycles. The average molecular weight is 208 g/mol. The molecule has 5 heteroatoms. The van der Waals surface area contributed by atoms with Crippen molar-refractivity contribution in [1.82, 2.24) is 4.98 Å². The molecule has 1 rings (SSSR count). The fourth-order valence-electron chi connectivity index (χ4n) is 0.946. The van der Waals surface area contributed by atoms with Crippen LogP contribution in [0, 0.1) is 6.92 Å². The predicted molar refractivity (Wildman–Crippen MR) is 44.9 cm³/mol. The Hall–Kier alpha value is -0.740. The maximum Gasteiger partial charge on any atom is 0.281 e. The first-order valence-corrected chi connectivity index (χ1v) is 3.98. The van der Waals surface area contributed by atoms with Gasteiger partial charge in [0.15, 0.2) is 0 Å². The highest BCUT2D eigenvalue weighted by Gasteiger charge is 2.16. The molecule has 0 aliphatic heterocycles. The molecule has 0 fully saturated rings. The van der Waals surface area contributed by atoms with Crippen molar-refractivity contribution >= 4 is 11.6 Å². The first-order chi connectivity index (χ1) is 6.07. The van der Waals surface area contributed by atoms with E-state index >= 15 is 0 Å². The molecule has 0 amide bonds. The maximum atomic E-state index is 12.2. The molecular formula is C8H8ClF2NO. The summed E-state index contributed by atoms with van der Waals surface area (Å²) in [6.07, 6.45) is -1.47. The van der Waals surface area contributed by atoms with E-state index in [0.29, 0.717) is 11.1 Å². The third kappa shape index (κ3) is 1.95. The molecule has 0 saturated carbocycles. The minimum absolute atomic E-state index is 0.0680. The van der Waals surface area contributed by atoms with Crippen molar-refractivity contribution in [2.45, 2.75) is 20.0 Å². The number of aliphatic hydroxyl groups is 1. The number of halogens is 3. The normalized spacial score (nSPS) is 10.9. The van der Waals surface area contributed by atoms with E-state index in [0.717, 1.165) is 0 Å². The van der Waals surface area contributed by atoms with E-state index in [1.165, 1.54) is 6.20 Å². The van der Waals surface area contributed by atoms with Crippen LogP contribution < -0.4 is 0 Å². The summed E-state index contributed by atoms with van der Waals surface area (Å²) in [5.41, 5.74) is 0.486. The molecule has 0 atom stereocenters. The van der Waals surface area contributed by atoms with Gasteiger partial charge in [-0.3, -0.25) is 4.98 Å². The Bertz CT molecular complexity index is 317. The highest BCUT2D eigenvalue weighted by molar-refractivity contribution is 6.32. The summed E-state index contributed by atoms with van der Waals surface area (Å²) >= 11 is 5.62. The molecule has 72 valence electrons. The summed E-state index contributed by atoms with van der Waals surface area (Å²) in [7, 11) is 0. The number of aliphatic hydroxyl groups excluding tert-OH is 1. The highest BCUT2D eigenvalue weighted by Crippen LogP contribution is 2.28. The van der Waals surface area contributed by atoms with Crippen LogP contribution in [0.15, 0.2) is 6.20 Å². The topological polar surface area (TPSA) is 33.1 Å². The number of hydrogen-bond donors (Lipinski definition) is 1. The van der Waals surface area contributed by atoms with Gasteiger partial charge in [0.05, 0.1) is 11.6 Å². The van der Waals surface area contributed by atoms with Gasteiger partial charge in [0.1, 0.15) is 5.69 Å². The van der Waals surface area contributed by atoms with Crippen LogP contribution in [-0.4, -0.2) is 10.1 Å². The van der Waals surface area contributed by atoms with Gasteiger partial charge in [0, 0.05) is 11.8 Å². The molecule has 1 N–H and O–H groups in total. The Morgan fingerprint density at radius 1 is 1.62 bits per heavy atom. The molecule has 0 radical (unpaired) electrons. The Kier molecular flexibility index (Phi) is 3.17. The number of pyridine rings is 1. The van der Waals surface area contributed by atoms with Crippen LogP contribution >= 0.6 is 11.6 Å². The average Bonchev–Trinajstić information content (AvgIpc) is 2.09. The lowest BCUT2D eigenvalue weighted by molar-refractivity contribution is 0.146. The summed E-state index contributed by atoms with van der Waals surface area (Å²) in [6.45, 7) is 1.32. The molecular weight excluding hydrogens is 200 g/mol. The van der Waals surface area contributed by atoms with Crippen LogP contribution in [0.3, 0.4) is 0 Å². The molecule has 13 heavy (non-hydrogen) atoms. The van der Waals surface area contributed by atoms with Gasteiger partial charge in [-0.15, -0.1) is 0 Å². The largest absolute Gasteiger partial charge is 0.392 e. The molecule has 0 spiro atoms. The fourth-order valence-corrected chi connectivity index (χ4v) is 1.20. The Labute approximate surface area is 79.2 Å². The van der Waals surface area contributed by atoms with Crippen molar-refractivity contribution in [2.75, 3.05) is 0 Å². The lowest BCUT2D eigenvalue weighted by atomic mass is 10.1. The van der Waals surface area contributed by atoms with Gasteiger partial charge in [-0.2, -0.15) is 0 Å². The number of hydrogen-bond acceptors (Lipinski definition) is 2. The van der Waals surface area contributed by atoms with Crippen LogP contribution in [-0.2, 0) is 6.61 Å². The summed E-state index contributed by atoms with van der Waals surface area (Å²) in [6, 6.07) is 0. The SMILES string of the molecule is Cc1c(CO)cnc(C(F)F)c1Cl. The lowest BCUT2D eigenvalue weighted by Gasteiger charge is -2.08. The molecule has 0 saturated heterocycles. The number of aromatic nitrogens is 1. The fraction of sp³-hybridized carbons (Fsp3) is 0.375. The van der Waals surface area contributed by atoms with Crippen molar-refractivity contribution in [1.29, 1.82) is 0 Å². The first-order valence-electron chi connectivity index (χ1n) is 3.60. The molecule has 0 bridgehead atoms. The third-order valence-corrected chi connectivity index (χ3v) is 2.25. The summed E-state index contributed by atoms with van der Waals surface area (Å²) in [4.78, 5) is 3.47. The van der Waals surface area contributed by atoms with Gasteiger partial charge in [-0.1, -0.05) is 11.6 Å². The van der Waals surface area contributed by atoms with Crippen LogP contribution in [0.4, 0.5) is 8.78 Å². The van der Waals surface area contributed by atoms with Crippen LogP contribution in [0.2, 0.25) is 5.02 Å². The van der Waals surface area contributed by atoms with E-state index in [1.54, 1.807) is 6.92 Å². The second-order valence-electron chi connectivity index (χ2n) is 2.57. The monoisotopic (exact) mass is 207 g/mol. The van der Waals surface area contributed by atoms with Gasteiger partial charge >= 0.3 is 0 Å². The Morgan fingerprint density at radius 3 is 2.69 bits per heavy atom. The second kappa shape index (κ2) is 3.98. The zero-order chi connectivity index (χ0) is 10.0. The summed E-state index contributed by atoms with van der Waals surface area (Å²) in [5.74, 6) is 0. The van der Waals surface area contributed by atoms with Gasteiger partial charge in [0.2, 0.25) is 0 Å². The van der Waals surface area contributed by atoms with E-state index in [1.807, 2.05) is 0 Å². The Morgan fingerprint density at radius 2 is 2.23 bits per heavy atom. The highest BCUT2D eigenvalue weighted by atomic mass is 35.5. The molecule has 0 aliphatic rings. The second-order valence-corrected chi connectivity index (χ2v) is 2.94. The summed E-state index contributed by atoms with van der Waals surface area (Å²) in [5, 5.41) is 8.72. The maximum absolute atomic E-state index is 12.2. The Balaban J connectivity index is 3.23. The quantitative estimate of drug-likeness (QED) is 0.808. The van der Waals surface area contributed by atoms with Crippen LogP contribution in [0.5, 0.6) is 0 Å². The zero-order valence-corrected chi connectivity index (χ0v) is 7.65. The third-order valence-electron chi connectivity index (χ3n) is 1.77. The van der Waals surface area contributed by atoms with Crippen molar-refractivity contribution in [3.63, 3.8) is 0 Å².